The van der Waals surface area contributed by atoms with E-state index in [0.29, 0.717) is 17.4 Å². The summed E-state index contributed by atoms with van der Waals surface area (Å²) in [5.41, 5.74) is 0.705. The maximum absolute atomic E-state index is 12.0. The van der Waals surface area contributed by atoms with Gasteiger partial charge in [-0.1, -0.05) is 25.8 Å². The van der Waals surface area contributed by atoms with E-state index in [1.165, 1.54) is 17.4 Å². The van der Waals surface area contributed by atoms with Gasteiger partial charge in [0.25, 0.3) is 5.91 Å². The number of nitrogens with one attached hydrogen (secondary N) is 2. The molecule has 26 heavy (non-hydrogen) atoms. The van der Waals surface area contributed by atoms with Crippen molar-refractivity contribution in [1.29, 1.82) is 0 Å². The van der Waals surface area contributed by atoms with Crippen LogP contribution < -0.4 is 15.4 Å². The van der Waals surface area contributed by atoms with Crippen LogP contribution in [0.15, 0.2) is 30.6 Å². The molecule has 1 fully saturated rings. The van der Waals surface area contributed by atoms with Gasteiger partial charge in [-0.05, 0) is 41.3 Å². The van der Waals surface area contributed by atoms with Crippen LogP contribution in [0.3, 0.4) is 0 Å². The molecule has 1 aromatic carbocycles. The first-order valence-corrected chi connectivity index (χ1v) is 8.68. The van der Waals surface area contributed by atoms with Crippen LogP contribution in [-0.4, -0.2) is 44.8 Å². The SMILES string of the molecule is C[C@@H]1CCCC[C@@H]1NC(=O)NC(=O)COc1cccc(-n2cnnn2)c1. The highest BCUT2D eigenvalue weighted by molar-refractivity contribution is 5.95. The van der Waals surface area contributed by atoms with E-state index in [9.17, 15) is 9.59 Å². The van der Waals surface area contributed by atoms with E-state index in [1.54, 1.807) is 18.2 Å². The lowest BCUT2D eigenvalue weighted by atomic mass is 9.86. The van der Waals surface area contributed by atoms with E-state index in [4.69, 9.17) is 4.74 Å². The van der Waals surface area contributed by atoms with Crippen LogP contribution in [0.1, 0.15) is 32.6 Å². The van der Waals surface area contributed by atoms with Gasteiger partial charge in [-0.2, -0.15) is 0 Å². The Bertz CT molecular complexity index is 749. The average Bonchev–Trinajstić information content (AvgIpc) is 3.17. The summed E-state index contributed by atoms with van der Waals surface area (Å²) in [4.78, 5) is 23.9. The number of tetrazole rings is 1. The monoisotopic (exact) mass is 358 g/mol. The second-order valence-corrected chi connectivity index (χ2v) is 6.43. The van der Waals surface area contributed by atoms with Crippen molar-refractivity contribution in [2.45, 2.75) is 38.6 Å². The van der Waals surface area contributed by atoms with Crippen LogP contribution in [0, 0.1) is 5.92 Å². The van der Waals surface area contributed by atoms with Gasteiger partial charge < -0.3 is 10.1 Å². The summed E-state index contributed by atoms with van der Waals surface area (Å²) in [5, 5.41) is 16.1. The minimum atomic E-state index is -0.501. The molecule has 0 radical (unpaired) electrons. The number of benzene rings is 1. The Balaban J connectivity index is 1.46. The van der Waals surface area contributed by atoms with Gasteiger partial charge in [0.1, 0.15) is 12.1 Å². The molecule has 1 heterocycles. The van der Waals surface area contributed by atoms with Crippen molar-refractivity contribution in [3.8, 4) is 11.4 Å². The predicted octanol–water partition coefficient (Wildman–Crippen LogP) is 1.45. The molecule has 0 bridgehead atoms. The summed E-state index contributed by atoms with van der Waals surface area (Å²) in [6, 6.07) is 6.63. The summed E-state index contributed by atoms with van der Waals surface area (Å²) in [6.07, 6.45) is 5.80. The smallest absolute Gasteiger partial charge is 0.321 e. The first kappa shape index (κ1) is 17.8. The van der Waals surface area contributed by atoms with Gasteiger partial charge in [-0.15, -0.1) is 5.10 Å². The van der Waals surface area contributed by atoms with Crippen molar-refractivity contribution in [2.24, 2.45) is 5.92 Å². The Labute approximate surface area is 151 Å². The normalized spacial score (nSPS) is 19.6. The number of hydrogen-bond acceptors (Lipinski definition) is 6. The molecular formula is C17H22N6O3. The van der Waals surface area contributed by atoms with Gasteiger partial charge in [0.2, 0.25) is 0 Å². The number of carbonyl (C=O) groups is 2. The third kappa shape index (κ3) is 4.78. The molecule has 1 saturated carbocycles. The van der Waals surface area contributed by atoms with Crippen molar-refractivity contribution < 1.29 is 14.3 Å². The van der Waals surface area contributed by atoms with Crippen molar-refractivity contribution >= 4 is 11.9 Å². The second kappa shape index (κ2) is 8.41. The average molecular weight is 358 g/mol. The lowest BCUT2D eigenvalue weighted by Gasteiger charge is -2.29. The molecular weight excluding hydrogens is 336 g/mol. The number of nitrogens with zero attached hydrogens (tertiary/aromatic N) is 4. The molecule has 1 aliphatic rings. The Kier molecular flexibility index (Phi) is 5.77. The number of amides is 3. The van der Waals surface area contributed by atoms with Crippen molar-refractivity contribution in [3.63, 3.8) is 0 Å². The van der Waals surface area contributed by atoms with E-state index in [1.807, 2.05) is 6.07 Å². The molecule has 3 amide bonds. The summed E-state index contributed by atoms with van der Waals surface area (Å²) >= 11 is 0. The molecule has 2 aromatic rings. The molecule has 2 atom stereocenters. The molecule has 138 valence electrons. The number of ether oxygens (including phenoxy) is 1. The summed E-state index contributed by atoms with van der Waals surface area (Å²) in [5.74, 6) is 0.406. The third-order valence-electron chi connectivity index (χ3n) is 4.48. The Morgan fingerprint density at radius 3 is 2.92 bits per heavy atom. The van der Waals surface area contributed by atoms with Gasteiger partial charge in [0, 0.05) is 12.1 Å². The number of urea groups is 1. The van der Waals surface area contributed by atoms with Gasteiger partial charge in [0.15, 0.2) is 6.61 Å². The van der Waals surface area contributed by atoms with Crippen LogP contribution in [0.4, 0.5) is 4.79 Å². The molecule has 0 saturated heterocycles. The zero-order chi connectivity index (χ0) is 18.4. The first-order valence-electron chi connectivity index (χ1n) is 8.68. The van der Waals surface area contributed by atoms with Crippen LogP contribution in [-0.2, 0) is 4.79 Å². The molecule has 1 aliphatic carbocycles. The zero-order valence-electron chi connectivity index (χ0n) is 14.6. The van der Waals surface area contributed by atoms with E-state index in [0.717, 1.165) is 19.3 Å². The molecule has 9 nitrogen and oxygen atoms in total. The topological polar surface area (TPSA) is 111 Å². The van der Waals surface area contributed by atoms with Crippen molar-refractivity contribution in [3.05, 3.63) is 30.6 Å². The van der Waals surface area contributed by atoms with Crippen LogP contribution in [0.5, 0.6) is 5.75 Å². The summed E-state index contributed by atoms with van der Waals surface area (Å²) < 4.78 is 6.92. The molecule has 0 aliphatic heterocycles. The third-order valence-corrected chi connectivity index (χ3v) is 4.48. The van der Waals surface area contributed by atoms with Gasteiger partial charge in [0.05, 0.1) is 5.69 Å². The molecule has 9 heteroatoms. The Hall–Kier alpha value is -2.97. The fraction of sp³-hybridized carbons (Fsp3) is 0.471. The number of carbonyl (C=O) groups excluding carboxylic acids is 2. The fourth-order valence-electron chi connectivity index (χ4n) is 3.04. The maximum Gasteiger partial charge on any atom is 0.321 e. The lowest BCUT2D eigenvalue weighted by Crippen LogP contribution is -2.48. The van der Waals surface area contributed by atoms with Gasteiger partial charge in [-0.25, -0.2) is 9.48 Å². The first-order chi connectivity index (χ1) is 12.6. The lowest BCUT2D eigenvalue weighted by molar-refractivity contribution is -0.122. The quantitative estimate of drug-likeness (QED) is 0.837. The zero-order valence-corrected chi connectivity index (χ0v) is 14.6. The number of hydrogen-bond donors (Lipinski definition) is 2. The Morgan fingerprint density at radius 2 is 2.15 bits per heavy atom. The van der Waals surface area contributed by atoms with Gasteiger partial charge >= 0.3 is 6.03 Å². The highest BCUT2D eigenvalue weighted by atomic mass is 16.5. The Morgan fingerprint density at radius 1 is 1.31 bits per heavy atom. The number of rotatable bonds is 5. The molecule has 2 N–H and O–H groups in total. The van der Waals surface area contributed by atoms with Crippen LogP contribution in [0.25, 0.3) is 5.69 Å². The minimum Gasteiger partial charge on any atom is -0.484 e. The second-order valence-electron chi connectivity index (χ2n) is 6.43. The van der Waals surface area contributed by atoms with E-state index >= 15 is 0 Å². The number of aromatic nitrogens is 4. The largest absolute Gasteiger partial charge is 0.484 e. The van der Waals surface area contributed by atoms with Gasteiger partial charge in [-0.3, -0.25) is 10.1 Å². The standard InChI is InChI=1S/C17H22N6O3/c1-12-5-2-3-8-15(12)19-17(25)20-16(24)10-26-14-7-4-6-13(9-14)23-11-18-21-22-23/h4,6-7,9,11-12,15H,2-3,5,8,10H2,1H3,(H2,19,20,24,25)/t12-,15+/m1/s1. The fourth-order valence-corrected chi connectivity index (χ4v) is 3.04. The van der Waals surface area contributed by atoms with E-state index < -0.39 is 11.9 Å². The summed E-state index contributed by atoms with van der Waals surface area (Å²) in [7, 11) is 0. The predicted molar refractivity (Wildman–Crippen MR) is 92.7 cm³/mol. The van der Waals surface area contributed by atoms with E-state index in [-0.39, 0.29) is 12.6 Å². The van der Waals surface area contributed by atoms with Crippen molar-refractivity contribution in [2.75, 3.05) is 6.61 Å². The molecule has 1 aromatic heterocycles. The molecule has 0 spiro atoms. The van der Waals surface area contributed by atoms with Crippen LogP contribution >= 0.6 is 0 Å². The highest BCUT2D eigenvalue weighted by Gasteiger charge is 2.23. The molecule has 0 unspecified atom stereocenters. The number of imide groups is 1. The maximum atomic E-state index is 12.0. The highest BCUT2D eigenvalue weighted by Crippen LogP contribution is 2.23. The molecule has 3 rings (SSSR count). The summed E-state index contributed by atoms with van der Waals surface area (Å²) in [6.45, 7) is 1.86. The van der Waals surface area contributed by atoms with Crippen LogP contribution in [0.2, 0.25) is 0 Å². The minimum absolute atomic E-state index is 0.116. The van der Waals surface area contributed by atoms with Crippen molar-refractivity contribution in [1.82, 2.24) is 30.8 Å². The van der Waals surface area contributed by atoms with E-state index in [2.05, 4.69) is 33.1 Å².